The molecule has 34 heavy (non-hydrogen) atoms. The Morgan fingerprint density at radius 3 is 2.21 bits per heavy atom. The molecule has 0 aliphatic carbocycles. The van der Waals surface area contributed by atoms with E-state index in [0.717, 1.165) is 12.0 Å². The molecule has 0 bridgehead atoms. The molecule has 0 saturated carbocycles. The average Bonchev–Trinajstić information content (AvgIpc) is 2.85. The molecule has 0 heterocycles. The van der Waals surface area contributed by atoms with Crippen molar-refractivity contribution in [1.82, 2.24) is 10.6 Å². The Morgan fingerprint density at radius 2 is 1.53 bits per heavy atom. The van der Waals surface area contributed by atoms with Crippen molar-refractivity contribution < 1.29 is 14.3 Å². The van der Waals surface area contributed by atoms with Gasteiger partial charge in [-0.1, -0.05) is 49.4 Å². The maximum absolute atomic E-state index is 12.9. The number of carbonyl (C=O) groups is 2. The molecule has 2 amide bonds. The molecule has 0 fully saturated rings. The quantitative estimate of drug-likeness (QED) is 0.376. The molecule has 2 unspecified atom stereocenters. The summed E-state index contributed by atoms with van der Waals surface area (Å²) in [5.41, 5.74) is 2.38. The van der Waals surface area contributed by atoms with E-state index in [0.29, 0.717) is 22.6 Å². The number of hydrogen-bond donors (Lipinski definition) is 3. The molecule has 0 radical (unpaired) electrons. The Bertz CT molecular complexity index is 1130. The zero-order chi connectivity index (χ0) is 24.5. The number of amides is 2. The first-order valence-electron chi connectivity index (χ1n) is 11.2. The van der Waals surface area contributed by atoms with Gasteiger partial charge in [-0.05, 0) is 74.4 Å². The van der Waals surface area contributed by atoms with Crippen molar-refractivity contribution in [2.45, 2.75) is 39.3 Å². The number of hydrogen-bond acceptors (Lipinski definition) is 4. The molecule has 0 aromatic heterocycles. The molecule has 3 N–H and O–H groups in total. The van der Waals surface area contributed by atoms with Crippen molar-refractivity contribution >= 4 is 34.8 Å². The van der Waals surface area contributed by atoms with E-state index in [-0.39, 0.29) is 29.1 Å². The lowest BCUT2D eigenvalue weighted by Gasteiger charge is -2.17. The van der Waals surface area contributed by atoms with E-state index < -0.39 is 0 Å². The molecular weight excluding hydrogens is 446 g/mol. The summed E-state index contributed by atoms with van der Waals surface area (Å²) >= 11 is 5.32. The third kappa shape index (κ3) is 6.89. The van der Waals surface area contributed by atoms with Gasteiger partial charge in [0.15, 0.2) is 5.11 Å². The van der Waals surface area contributed by atoms with Crippen LogP contribution in [-0.4, -0.2) is 23.0 Å². The summed E-state index contributed by atoms with van der Waals surface area (Å²) in [6.07, 6.45) is 0.997. The van der Waals surface area contributed by atoms with Gasteiger partial charge in [0.25, 0.3) is 11.8 Å². The number of ether oxygens (including phenoxy) is 1. The molecule has 176 valence electrons. The first-order valence-corrected chi connectivity index (χ1v) is 11.6. The fourth-order valence-electron chi connectivity index (χ4n) is 3.22. The highest BCUT2D eigenvalue weighted by Gasteiger charge is 2.16. The van der Waals surface area contributed by atoms with Gasteiger partial charge in [0.05, 0.1) is 23.4 Å². The predicted octanol–water partition coefficient (Wildman–Crippen LogP) is 5.48. The molecule has 0 saturated heterocycles. The number of anilines is 1. The lowest BCUT2D eigenvalue weighted by molar-refractivity contribution is 0.0939. The standard InChI is InChI=1S/C27H29N3O3S/c1-4-18(2)33-22-16-14-21(15-17-22)25(31)30-27(34)29-24-13-9-8-12-23(24)26(32)28-19(3)20-10-6-5-7-11-20/h5-19H,4H2,1-3H3,(H,28,32)(H2,29,30,31,34). The van der Waals surface area contributed by atoms with Crippen molar-refractivity contribution in [2.24, 2.45) is 0 Å². The average molecular weight is 476 g/mol. The van der Waals surface area contributed by atoms with E-state index in [9.17, 15) is 9.59 Å². The van der Waals surface area contributed by atoms with Crippen LogP contribution >= 0.6 is 12.2 Å². The van der Waals surface area contributed by atoms with Crippen LogP contribution in [0.5, 0.6) is 5.75 Å². The van der Waals surface area contributed by atoms with Crippen LogP contribution in [0.2, 0.25) is 0 Å². The topological polar surface area (TPSA) is 79.5 Å². The van der Waals surface area contributed by atoms with Crippen molar-refractivity contribution in [3.8, 4) is 5.75 Å². The third-order valence-corrected chi connectivity index (χ3v) is 5.53. The van der Waals surface area contributed by atoms with Crippen LogP contribution in [0.25, 0.3) is 0 Å². The highest BCUT2D eigenvalue weighted by atomic mass is 32.1. The molecule has 3 aromatic carbocycles. The second-order valence-electron chi connectivity index (χ2n) is 7.92. The Kier molecular flexibility index (Phi) is 8.76. The van der Waals surface area contributed by atoms with E-state index in [2.05, 4.69) is 16.0 Å². The number of thiocarbonyl (C=S) groups is 1. The van der Waals surface area contributed by atoms with Crippen molar-refractivity contribution in [2.75, 3.05) is 5.32 Å². The predicted molar refractivity (Wildman–Crippen MR) is 139 cm³/mol. The van der Waals surface area contributed by atoms with Gasteiger partial charge in [0, 0.05) is 5.56 Å². The van der Waals surface area contributed by atoms with E-state index in [1.807, 2.05) is 51.1 Å². The minimum atomic E-state index is -0.354. The third-order valence-electron chi connectivity index (χ3n) is 5.32. The first-order chi connectivity index (χ1) is 16.4. The molecule has 0 aliphatic rings. The minimum absolute atomic E-state index is 0.0984. The van der Waals surface area contributed by atoms with Gasteiger partial charge >= 0.3 is 0 Å². The maximum atomic E-state index is 12.9. The molecule has 3 aromatic rings. The summed E-state index contributed by atoms with van der Waals surface area (Å²) in [4.78, 5) is 25.5. The largest absolute Gasteiger partial charge is 0.491 e. The van der Waals surface area contributed by atoms with Crippen molar-refractivity contribution in [3.05, 3.63) is 95.6 Å². The molecule has 0 spiro atoms. The van der Waals surface area contributed by atoms with E-state index in [1.54, 1.807) is 48.5 Å². The summed E-state index contributed by atoms with van der Waals surface area (Å²) in [5, 5.41) is 8.71. The number of rotatable bonds is 8. The Hall–Kier alpha value is -3.71. The van der Waals surface area contributed by atoms with Gasteiger partial charge in [-0.3, -0.25) is 14.9 Å². The normalized spacial score (nSPS) is 12.2. The van der Waals surface area contributed by atoms with Gasteiger partial charge in [-0.25, -0.2) is 0 Å². The van der Waals surface area contributed by atoms with Crippen molar-refractivity contribution in [3.63, 3.8) is 0 Å². The summed E-state index contributed by atoms with van der Waals surface area (Å²) in [6, 6.07) is 23.4. The minimum Gasteiger partial charge on any atom is -0.491 e. The molecule has 3 rings (SSSR count). The summed E-state index contributed by atoms with van der Waals surface area (Å²) < 4.78 is 5.74. The monoisotopic (exact) mass is 475 g/mol. The fraction of sp³-hybridized carbons (Fsp3) is 0.222. The van der Waals surface area contributed by atoms with Crippen LogP contribution < -0.4 is 20.7 Å². The highest BCUT2D eigenvalue weighted by Crippen LogP contribution is 2.18. The lowest BCUT2D eigenvalue weighted by atomic mass is 10.1. The summed E-state index contributed by atoms with van der Waals surface area (Å²) in [5.74, 6) is 0.106. The first kappa shape index (κ1) is 24.9. The van der Waals surface area contributed by atoms with Gasteiger partial charge in [0.2, 0.25) is 0 Å². The van der Waals surface area contributed by atoms with Crippen molar-refractivity contribution in [1.29, 1.82) is 0 Å². The highest BCUT2D eigenvalue weighted by molar-refractivity contribution is 7.80. The number of nitrogens with one attached hydrogen (secondary N) is 3. The Labute approximate surface area is 205 Å². The lowest BCUT2D eigenvalue weighted by Crippen LogP contribution is -2.35. The number of para-hydroxylation sites is 1. The summed E-state index contributed by atoms with van der Waals surface area (Å²) in [7, 11) is 0. The molecule has 2 atom stereocenters. The molecule has 6 nitrogen and oxygen atoms in total. The van der Waals surface area contributed by atoms with Gasteiger partial charge in [-0.15, -0.1) is 0 Å². The molecule has 0 aliphatic heterocycles. The maximum Gasteiger partial charge on any atom is 0.257 e. The second-order valence-corrected chi connectivity index (χ2v) is 8.33. The Balaban J connectivity index is 1.62. The molecule has 7 heteroatoms. The van der Waals surface area contributed by atoms with Crippen LogP contribution in [0.1, 0.15) is 59.5 Å². The smallest absolute Gasteiger partial charge is 0.257 e. The zero-order valence-electron chi connectivity index (χ0n) is 19.5. The van der Waals surface area contributed by atoms with Crippen LogP contribution in [-0.2, 0) is 0 Å². The number of carbonyl (C=O) groups excluding carboxylic acids is 2. The van der Waals surface area contributed by atoms with Crippen LogP contribution in [0.4, 0.5) is 5.69 Å². The zero-order valence-corrected chi connectivity index (χ0v) is 20.3. The van der Waals surface area contributed by atoms with Gasteiger partial charge in [-0.2, -0.15) is 0 Å². The van der Waals surface area contributed by atoms with Gasteiger partial charge in [0.1, 0.15) is 5.75 Å². The molecular formula is C27H29N3O3S. The van der Waals surface area contributed by atoms with Crippen LogP contribution in [0.15, 0.2) is 78.9 Å². The van der Waals surface area contributed by atoms with E-state index in [4.69, 9.17) is 17.0 Å². The van der Waals surface area contributed by atoms with E-state index >= 15 is 0 Å². The van der Waals surface area contributed by atoms with Gasteiger partial charge < -0.3 is 15.4 Å². The fourth-order valence-corrected chi connectivity index (χ4v) is 3.42. The van der Waals surface area contributed by atoms with E-state index in [1.165, 1.54) is 0 Å². The Morgan fingerprint density at radius 1 is 0.882 bits per heavy atom. The van der Waals surface area contributed by atoms with Crippen LogP contribution in [0.3, 0.4) is 0 Å². The SMILES string of the molecule is CCC(C)Oc1ccc(C(=O)NC(=S)Nc2ccccc2C(=O)NC(C)c2ccccc2)cc1. The number of benzene rings is 3. The summed E-state index contributed by atoms with van der Waals surface area (Å²) in [6.45, 7) is 5.96. The second kappa shape index (κ2) is 12.0. The van der Waals surface area contributed by atoms with Crippen LogP contribution in [0, 0.1) is 0 Å².